The SMILES string of the molecule is O=c1onc(-c2nonc2NCC2C[S+]([O-])C2)n1[C@H]1Cc2ccc(F)cc21. The second kappa shape index (κ2) is 6.20. The molecule has 0 spiro atoms. The standard InChI is InChI=1S/C16H14FN5O4S/c17-10-2-1-9-3-12(11(9)4-10)22-15(21-25-16(22)23)13-14(20-26-19-13)18-5-8-6-27(24)7-8/h1-2,4,8,12H,3,5-7H2,(H,18,20)/t8?,12-,27?/m0/s1. The van der Waals surface area contributed by atoms with E-state index in [1.807, 2.05) is 0 Å². The molecule has 140 valence electrons. The summed E-state index contributed by atoms with van der Waals surface area (Å²) in [6.07, 6.45) is 0.561. The second-order valence-electron chi connectivity index (χ2n) is 6.69. The number of benzene rings is 1. The molecule has 1 aliphatic heterocycles. The highest BCUT2D eigenvalue weighted by Gasteiger charge is 2.35. The summed E-state index contributed by atoms with van der Waals surface area (Å²) in [7, 11) is 0. The van der Waals surface area contributed by atoms with Gasteiger partial charge < -0.3 is 9.87 Å². The molecule has 3 aromatic rings. The molecule has 1 saturated heterocycles. The van der Waals surface area contributed by atoms with Crippen molar-refractivity contribution in [3.05, 3.63) is 45.7 Å². The Morgan fingerprint density at radius 3 is 3.00 bits per heavy atom. The summed E-state index contributed by atoms with van der Waals surface area (Å²) < 4.78 is 35.8. The summed E-state index contributed by atoms with van der Waals surface area (Å²) in [6.45, 7) is 0.562. The Bertz CT molecular complexity index is 1060. The van der Waals surface area contributed by atoms with Crippen molar-refractivity contribution in [2.75, 3.05) is 23.4 Å². The Morgan fingerprint density at radius 1 is 1.33 bits per heavy atom. The minimum absolute atomic E-state index is 0.167. The number of aromatic nitrogens is 4. The average molecular weight is 391 g/mol. The van der Waals surface area contributed by atoms with Gasteiger partial charge in [-0.1, -0.05) is 22.4 Å². The van der Waals surface area contributed by atoms with E-state index in [0.29, 0.717) is 35.9 Å². The fourth-order valence-electron chi connectivity index (χ4n) is 3.46. The molecule has 27 heavy (non-hydrogen) atoms. The van der Waals surface area contributed by atoms with Crippen LogP contribution in [0.1, 0.15) is 17.2 Å². The average Bonchev–Trinajstić information content (AvgIpc) is 3.21. The molecule has 9 nitrogen and oxygen atoms in total. The minimum atomic E-state index is -0.738. The van der Waals surface area contributed by atoms with E-state index in [9.17, 15) is 13.7 Å². The lowest BCUT2D eigenvalue weighted by Crippen LogP contribution is -2.40. The maximum atomic E-state index is 13.6. The molecule has 0 bridgehead atoms. The fourth-order valence-corrected chi connectivity index (χ4v) is 4.65. The summed E-state index contributed by atoms with van der Waals surface area (Å²) >= 11 is -0.738. The van der Waals surface area contributed by atoms with Gasteiger partial charge in [-0.05, 0) is 40.0 Å². The molecule has 5 rings (SSSR count). The van der Waals surface area contributed by atoms with Crippen molar-refractivity contribution < 1.29 is 18.1 Å². The number of nitrogens with one attached hydrogen (secondary N) is 1. The number of nitrogens with zero attached hydrogens (tertiary/aromatic N) is 4. The highest BCUT2D eigenvalue weighted by atomic mass is 32.2. The van der Waals surface area contributed by atoms with E-state index in [0.717, 1.165) is 5.56 Å². The fraction of sp³-hybridized carbons (Fsp3) is 0.375. The van der Waals surface area contributed by atoms with Crippen LogP contribution in [0, 0.1) is 11.7 Å². The zero-order valence-corrected chi connectivity index (χ0v) is 14.7. The van der Waals surface area contributed by atoms with Gasteiger partial charge in [-0.25, -0.2) is 18.4 Å². The third-order valence-electron chi connectivity index (χ3n) is 4.93. The Kier molecular flexibility index (Phi) is 3.79. The quantitative estimate of drug-likeness (QED) is 0.638. The molecule has 1 N–H and O–H groups in total. The van der Waals surface area contributed by atoms with Crippen LogP contribution in [0.5, 0.6) is 0 Å². The van der Waals surface area contributed by atoms with Gasteiger partial charge in [-0.3, -0.25) is 4.52 Å². The topological polar surface area (TPSA) is 122 Å². The van der Waals surface area contributed by atoms with Crippen molar-refractivity contribution in [2.45, 2.75) is 12.5 Å². The first-order valence-electron chi connectivity index (χ1n) is 8.38. The third kappa shape index (κ3) is 2.73. The van der Waals surface area contributed by atoms with E-state index in [1.165, 1.54) is 16.7 Å². The minimum Gasteiger partial charge on any atom is -0.616 e. The predicted molar refractivity (Wildman–Crippen MR) is 92.2 cm³/mol. The van der Waals surface area contributed by atoms with E-state index in [-0.39, 0.29) is 29.3 Å². The molecule has 0 radical (unpaired) electrons. The zero-order chi connectivity index (χ0) is 18.5. The summed E-state index contributed by atoms with van der Waals surface area (Å²) in [5, 5.41) is 14.6. The van der Waals surface area contributed by atoms with Crippen molar-refractivity contribution in [1.82, 2.24) is 20.0 Å². The molecule has 0 saturated carbocycles. The summed E-state index contributed by atoms with van der Waals surface area (Å²) in [5.41, 5.74) is 1.92. The van der Waals surface area contributed by atoms with Crippen LogP contribution in [-0.2, 0) is 17.6 Å². The van der Waals surface area contributed by atoms with E-state index in [4.69, 9.17) is 9.15 Å². The van der Waals surface area contributed by atoms with Crippen LogP contribution in [0.15, 0.2) is 32.1 Å². The van der Waals surface area contributed by atoms with Crippen LogP contribution in [0.4, 0.5) is 10.2 Å². The number of anilines is 1. The second-order valence-corrected chi connectivity index (χ2v) is 8.23. The van der Waals surface area contributed by atoms with Gasteiger partial charge in [0.2, 0.25) is 11.6 Å². The van der Waals surface area contributed by atoms with Gasteiger partial charge in [0.05, 0.1) is 12.0 Å². The normalized spacial score (nSPS) is 23.4. The van der Waals surface area contributed by atoms with Gasteiger partial charge in [0.15, 0.2) is 5.69 Å². The Morgan fingerprint density at radius 2 is 2.19 bits per heavy atom. The molecule has 11 heteroatoms. The van der Waals surface area contributed by atoms with Crippen LogP contribution < -0.4 is 11.1 Å². The molecule has 3 heterocycles. The van der Waals surface area contributed by atoms with Crippen LogP contribution in [-0.4, -0.2) is 42.6 Å². The summed E-state index contributed by atoms with van der Waals surface area (Å²) in [5.74, 6) is 1.05. The number of fused-ring (bicyclic) bond motifs is 1. The molecular formula is C16H14FN5O4S. The smallest absolute Gasteiger partial charge is 0.442 e. The third-order valence-corrected chi connectivity index (χ3v) is 6.62. The van der Waals surface area contributed by atoms with E-state index < -0.39 is 16.9 Å². The maximum absolute atomic E-state index is 13.6. The van der Waals surface area contributed by atoms with Crippen molar-refractivity contribution >= 4 is 17.0 Å². The molecule has 1 aliphatic carbocycles. The van der Waals surface area contributed by atoms with Gasteiger partial charge in [0.25, 0.3) is 0 Å². The predicted octanol–water partition coefficient (Wildman–Crippen LogP) is 0.961. The van der Waals surface area contributed by atoms with E-state index in [2.05, 4.69) is 20.8 Å². The van der Waals surface area contributed by atoms with Crippen molar-refractivity contribution in [2.24, 2.45) is 5.92 Å². The van der Waals surface area contributed by atoms with Gasteiger partial charge in [-0.15, -0.1) is 0 Å². The lowest BCUT2D eigenvalue weighted by atomic mass is 9.83. The Balaban J connectivity index is 1.45. The summed E-state index contributed by atoms with van der Waals surface area (Å²) in [4.78, 5) is 12.2. The van der Waals surface area contributed by atoms with Crippen molar-refractivity contribution in [3.8, 4) is 11.5 Å². The van der Waals surface area contributed by atoms with Crippen LogP contribution in [0.25, 0.3) is 11.5 Å². The van der Waals surface area contributed by atoms with Gasteiger partial charge >= 0.3 is 5.76 Å². The molecule has 2 aromatic heterocycles. The molecule has 0 amide bonds. The van der Waals surface area contributed by atoms with Gasteiger partial charge in [0.1, 0.15) is 17.3 Å². The van der Waals surface area contributed by atoms with Gasteiger partial charge in [0, 0.05) is 6.54 Å². The van der Waals surface area contributed by atoms with Crippen LogP contribution in [0.2, 0.25) is 0 Å². The van der Waals surface area contributed by atoms with Crippen molar-refractivity contribution in [3.63, 3.8) is 0 Å². The number of hydrogen-bond donors (Lipinski definition) is 1. The Labute approximate surface area is 154 Å². The molecule has 0 unspecified atom stereocenters. The first-order chi connectivity index (χ1) is 13.1. The largest absolute Gasteiger partial charge is 0.616 e. The molecular weight excluding hydrogens is 377 g/mol. The number of hydrogen-bond acceptors (Lipinski definition) is 8. The van der Waals surface area contributed by atoms with E-state index in [1.54, 1.807) is 6.07 Å². The highest BCUT2D eigenvalue weighted by Crippen LogP contribution is 2.38. The number of halogens is 1. The number of rotatable bonds is 5. The molecule has 1 atom stereocenters. The molecule has 1 aromatic carbocycles. The Hall–Kier alpha value is -2.66. The maximum Gasteiger partial charge on any atom is 0.442 e. The van der Waals surface area contributed by atoms with Gasteiger partial charge in [-0.2, -0.15) is 0 Å². The first-order valence-corrected chi connectivity index (χ1v) is 9.87. The van der Waals surface area contributed by atoms with Crippen LogP contribution >= 0.6 is 0 Å². The highest BCUT2D eigenvalue weighted by molar-refractivity contribution is 7.92. The van der Waals surface area contributed by atoms with Crippen LogP contribution in [0.3, 0.4) is 0 Å². The molecule has 1 fully saturated rings. The monoisotopic (exact) mass is 391 g/mol. The first kappa shape index (κ1) is 16.5. The molecule has 2 aliphatic rings. The van der Waals surface area contributed by atoms with E-state index >= 15 is 0 Å². The van der Waals surface area contributed by atoms with Crippen molar-refractivity contribution in [1.29, 1.82) is 0 Å². The summed E-state index contributed by atoms with van der Waals surface area (Å²) in [6, 6.07) is 4.11. The lowest BCUT2D eigenvalue weighted by molar-refractivity contribution is 0.309. The zero-order valence-electron chi connectivity index (χ0n) is 13.9. The lowest BCUT2D eigenvalue weighted by Gasteiger charge is -2.30.